The molecule has 190 valence electrons. The summed E-state index contributed by atoms with van der Waals surface area (Å²) in [6, 6.07) is 17.0. The molecule has 7 heteroatoms. The number of hydrogen-bond acceptors (Lipinski definition) is 6. The number of benzene rings is 2. The minimum Gasteiger partial charge on any atom is -0.503 e. The Bertz CT molecular complexity index is 1250. The third-order valence-electron chi connectivity index (χ3n) is 6.64. The van der Waals surface area contributed by atoms with Crippen LogP contribution in [-0.2, 0) is 15.0 Å². The van der Waals surface area contributed by atoms with Gasteiger partial charge < -0.3 is 15.2 Å². The van der Waals surface area contributed by atoms with Crippen molar-refractivity contribution in [3.8, 4) is 5.75 Å². The number of hydrazone groups is 1. The van der Waals surface area contributed by atoms with E-state index < -0.39 is 17.4 Å². The highest BCUT2D eigenvalue weighted by atomic mass is 16.5. The first-order valence-electron chi connectivity index (χ1n) is 12.3. The Hall–Kier alpha value is -4.39. The molecule has 1 fully saturated rings. The summed E-state index contributed by atoms with van der Waals surface area (Å²) in [5.41, 5.74) is 1.58. The van der Waals surface area contributed by atoms with Crippen molar-refractivity contribution < 1.29 is 19.4 Å². The van der Waals surface area contributed by atoms with Gasteiger partial charge in [-0.3, -0.25) is 14.6 Å². The third kappa shape index (κ3) is 6.25. The minimum atomic E-state index is -0.550. The SMILES string of the molecule is C=C/C=C(\C=C)Oc1ccc(NC(=O)C2=NN(CC3(c4ccccc4)CCCC3)C=C(O)C(=O)C2)cc1. The minimum absolute atomic E-state index is 0.0368. The number of rotatable bonds is 9. The summed E-state index contributed by atoms with van der Waals surface area (Å²) in [5.74, 6) is -0.350. The van der Waals surface area contributed by atoms with Crippen molar-refractivity contribution in [2.24, 2.45) is 5.10 Å². The van der Waals surface area contributed by atoms with Crippen molar-refractivity contribution in [1.29, 1.82) is 0 Å². The van der Waals surface area contributed by atoms with Gasteiger partial charge in [0.1, 0.15) is 17.2 Å². The lowest BCUT2D eigenvalue weighted by molar-refractivity contribution is -0.117. The molecule has 0 saturated heterocycles. The van der Waals surface area contributed by atoms with Gasteiger partial charge in [-0.25, -0.2) is 0 Å². The molecule has 7 nitrogen and oxygen atoms in total. The van der Waals surface area contributed by atoms with E-state index in [1.54, 1.807) is 47.5 Å². The van der Waals surface area contributed by atoms with Gasteiger partial charge in [-0.2, -0.15) is 5.10 Å². The molecule has 2 N–H and O–H groups in total. The van der Waals surface area contributed by atoms with E-state index in [1.165, 1.54) is 11.8 Å². The fourth-order valence-corrected chi connectivity index (χ4v) is 4.78. The summed E-state index contributed by atoms with van der Waals surface area (Å²) in [5, 5.41) is 19.2. The Kier molecular flexibility index (Phi) is 8.03. The zero-order valence-corrected chi connectivity index (χ0v) is 20.7. The molecule has 1 aliphatic carbocycles. The zero-order valence-electron chi connectivity index (χ0n) is 20.7. The highest BCUT2D eigenvalue weighted by molar-refractivity contribution is 6.46. The van der Waals surface area contributed by atoms with Crippen LogP contribution < -0.4 is 10.1 Å². The lowest BCUT2D eigenvalue weighted by atomic mass is 9.78. The Labute approximate surface area is 217 Å². The predicted octanol–water partition coefficient (Wildman–Crippen LogP) is 5.80. The molecule has 2 aliphatic rings. The van der Waals surface area contributed by atoms with E-state index in [4.69, 9.17) is 4.74 Å². The number of nitrogens with one attached hydrogen (secondary N) is 1. The number of amides is 1. The Balaban J connectivity index is 1.52. The van der Waals surface area contributed by atoms with E-state index >= 15 is 0 Å². The number of allylic oxidation sites excluding steroid dienone is 4. The second kappa shape index (κ2) is 11.6. The molecule has 0 radical (unpaired) electrons. The maximum absolute atomic E-state index is 13.1. The van der Waals surface area contributed by atoms with Gasteiger partial charge in [0.2, 0.25) is 5.78 Å². The smallest absolute Gasteiger partial charge is 0.272 e. The monoisotopic (exact) mass is 497 g/mol. The average Bonchev–Trinajstić information content (AvgIpc) is 3.33. The fourth-order valence-electron chi connectivity index (χ4n) is 4.78. The molecule has 37 heavy (non-hydrogen) atoms. The van der Waals surface area contributed by atoms with Crippen molar-refractivity contribution in [2.45, 2.75) is 37.5 Å². The van der Waals surface area contributed by atoms with Gasteiger partial charge in [0.25, 0.3) is 5.91 Å². The van der Waals surface area contributed by atoms with Gasteiger partial charge >= 0.3 is 0 Å². The number of carbonyl (C=O) groups is 2. The molecule has 0 aromatic heterocycles. The van der Waals surface area contributed by atoms with E-state index in [1.807, 2.05) is 18.2 Å². The number of ketones is 1. The number of aliphatic hydroxyl groups is 1. The van der Waals surface area contributed by atoms with Crippen LogP contribution in [0.5, 0.6) is 5.75 Å². The maximum atomic E-state index is 13.1. The van der Waals surface area contributed by atoms with Gasteiger partial charge in [-0.1, -0.05) is 62.4 Å². The highest BCUT2D eigenvalue weighted by Crippen LogP contribution is 2.42. The van der Waals surface area contributed by atoms with E-state index in [-0.39, 0.29) is 17.5 Å². The number of anilines is 1. The van der Waals surface area contributed by atoms with Crippen LogP contribution in [0.2, 0.25) is 0 Å². The van der Waals surface area contributed by atoms with Crippen LogP contribution in [-0.4, -0.2) is 34.1 Å². The zero-order chi connectivity index (χ0) is 26.3. The van der Waals surface area contributed by atoms with Gasteiger partial charge in [-0.05, 0) is 54.8 Å². The number of nitrogens with zero attached hydrogens (tertiary/aromatic N) is 2. The Morgan fingerprint density at radius 3 is 2.46 bits per heavy atom. The quantitative estimate of drug-likeness (QED) is 0.337. The largest absolute Gasteiger partial charge is 0.503 e. The molecule has 0 bridgehead atoms. The van der Waals surface area contributed by atoms with Crippen LogP contribution in [0.25, 0.3) is 0 Å². The van der Waals surface area contributed by atoms with Crippen molar-refractivity contribution >= 4 is 23.1 Å². The number of hydrogen-bond donors (Lipinski definition) is 2. The summed E-state index contributed by atoms with van der Waals surface area (Å²) < 4.78 is 5.70. The Morgan fingerprint density at radius 1 is 1.11 bits per heavy atom. The van der Waals surface area contributed by atoms with Crippen LogP contribution in [0.15, 0.2) is 109 Å². The summed E-state index contributed by atoms with van der Waals surface area (Å²) >= 11 is 0. The average molecular weight is 498 g/mol. The third-order valence-corrected chi connectivity index (χ3v) is 6.64. The van der Waals surface area contributed by atoms with E-state index in [0.29, 0.717) is 23.7 Å². The molecule has 1 saturated carbocycles. The molecule has 1 amide bonds. The van der Waals surface area contributed by atoms with Crippen LogP contribution in [0.3, 0.4) is 0 Å². The molecule has 1 aliphatic heterocycles. The van der Waals surface area contributed by atoms with Crippen molar-refractivity contribution in [2.75, 3.05) is 11.9 Å². The van der Waals surface area contributed by atoms with Gasteiger partial charge in [0, 0.05) is 11.1 Å². The number of carbonyl (C=O) groups excluding carboxylic acids is 2. The van der Waals surface area contributed by atoms with Crippen LogP contribution in [0.4, 0.5) is 5.69 Å². The topological polar surface area (TPSA) is 91.2 Å². The van der Waals surface area contributed by atoms with Crippen LogP contribution >= 0.6 is 0 Å². The van der Waals surface area contributed by atoms with Crippen molar-refractivity contribution in [1.82, 2.24) is 5.01 Å². The van der Waals surface area contributed by atoms with Gasteiger partial charge in [0.15, 0.2) is 5.76 Å². The summed E-state index contributed by atoms with van der Waals surface area (Å²) in [4.78, 5) is 25.6. The first-order chi connectivity index (χ1) is 17.9. The predicted molar refractivity (Wildman–Crippen MR) is 145 cm³/mol. The number of ether oxygens (including phenoxy) is 1. The number of aliphatic hydroxyl groups excluding tert-OH is 1. The maximum Gasteiger partial charge on any atom is 0.272 e. The lowest BCUT2D eigenvalue weighted by Crippen LogP contribution is -2.35. The molecule has 0 spiro atoms. The molecule has 0 atom stereocenters. The molecule has 4 rings (SSSR count). The first-order valence-corrected chi connectivity index (χ1v) is 12.3. The second-order valence-electron chi connectivity index (χ2n) is 9.20. The lowest BCUT2D eigenvalue weighted by Gasteiger charge is -2.33. The summed E-state index contributed by atoms with van der Waals surface area (Å²) in [7, 11) is 0. The normalized spacial score (nSPS) is 17.4. The van der Waals surface area contributed by atoms with Crippen molar-refractivity contribution in [3.05, 3.63) is 109 Å². The van der Waals surface area contributed by atoms with E-state index in [0.717, 1.165) is 25.7 Å². The second-order valence-corrected chi connectivity index (χ2v) is 9.20. The highest BCUT2D eigenvalue weighted by Gasteiger charge is 2.38. The summed E-state index contributed by atoms with van der Waals surface area (Å²) in [6.45, 7) is 7.80. The first kappa shape index (κ1) is 25.7. The molecule has 1 heterocycles. The molecule has 2 aromatic rings. The van der Waals surface area contributed by atoms with Crippen LogP contribution in [0, 0.1) is 0 Å². The van der Waals surface area contributed by atoms with E-state index in [2.05, 4.69) is 35.7 Å². The van der Waals surface area contributed by atoms with Gasteiger partial charge in [0.05, 0.1) is 19.2 Å². The fraction of sp³-hybridized carbons (Fsp3) is 0.233. The standard InChI is InChI=1S/C30H31N3O4/c1-3-10-24(4-2)37-25-15-13-23(14-16-25)31-29(36)26-19-27(34)28(35)20-33(32-26)21-30(17-8-9-18-30)22-11-6-5-7-12-22/h3-7,10-16,20,35H,1-2,8-9,17-19,21H2,(H,31,36)/b24-10+. The van der Waals surface area contributed by atoms with Gasteiger partial charge in [-0.15, -0.1) is 0 Å². The molecular weight excluding hydrogens is 466 g/mol. The molecular formula is C30H31N3O4. The summed E-state index contributed by atoms with van der Waals surface area (Å²) in [6.07, 6.45) is 10.0. The number of Topliss-reactive ketones (excluding diaryl/α,β-unsaturated/α-hetero) is 1. The molecule has 2 aromatic carbocycles. The van der Waals surface area contributed by atoms with Crippen LogP contribution in [0.1, 0.15) is 37.7 Å². The van der Waals surface area contributed by atoms with Crippen molar-refractivity contribution in [3.63, 3.8) is 0 Å². The Morgan fingerprint density at radius 2 is 1.81 bits per heavy atom. The molecule has 0 unspecified atom stereocenters. The van der Waals surface area contributed by atoms with E-state index in [9.17, 15) is 14.7 Å².